The van der Waals surface area contributed by atoms with E-state index >= 15 is 0 Å². The van der Waals surface area contributed by atoms with E-state index in [0.717, 1.165) is 12.0 Å². The second kappa shape index (κ2) is 9.27. The minimum atomic E-state index is -0.426. The predicted octanol–water partition coefficient (Wildman–Crippen LogP) is 2.98. The van der Waals surface area contributed by atoms with Crippen molar-refractivity contribution in [3.05, 3.63) is 83.8 Å². The maximum absolute atomic E-state index is 12.3. The smallest absolute Gasteiger partial charge is 0.337 e. The van der Waals surface area contributed by atoms with Crippen LogP contribution in [0.5, 0.6) is 0 Å². The minimum absolute atomic E-state index is 0.259. The largest absolute Gasteiger partial charge is 0.465 e. The van der Waals surface area contributed by atoms with Crippen molar-refractivity contribution in [1.29, 1.82) is 0 Å². The predicted molar refractivity (Wildman–Crippen MR) is 106 cm³/mol. The highest BCUT2D eigenvalue weighted by Gasteiger charge is 2.10. The first-order valence-electron chi connectivity index (χ1n) is 8.75. The van der Waals surface area contributed by atoms with Crippen LogP contribution in [-0.2, 0) is 11.2 Å². The van der Waals surface area contributed by atoms with Gasteiger partial charge >= 0.3 is 5.97 Å². The van der Waals surface area contributed by atoms with Gasteiger partial charge in [-0.2, -0.15) is 0 Å². The van der Waals surface area contributed by atoms with Gasteiger partial charge in [-0.25, -0.2) is 14.8 Å². The van der Waals surface area contributed by atoms with Crippen molar-refractivity contribution in [2.45, 2.75) is 6.42 Å². The van der Waals surface area contributed by atoms with Crippen molar-refractivity contribution in [2.24, 2.45) is 0 Å². The Morgan fingerprint density at radius 2 is 1.82 bits per heavy atom. The van der Waals surface area contributed by atoms with Crippen LogP contribution in [0.3, 0.4) is 0 Å². The van der Waals surface area contributed by atoms with E-state index in [2.05, 4.69) is 20.6 Å². The van der Waals surface area contributed by atoms with Crippen molar-refractivity contribution in [1.82, 2.24) is 15.3 Å². The van der Waals surface area contributed by atoms with Gasteiger partial charge in [0.25, 0.3) is 5.91 Å². The van der Waals surface area contributed by atoms with E-state index in [1.54, 1.807) is 30.3 Å². The Balaban J connectivity index is 1.62. The summed E-state index contributed by atoms with van der Waals surface area (Å²) in [5.41, 5.74) is 2.48. The van der Waals surface area contributed by atoms with E-state index < -0.39 is 5.97 Å². The van der Waals surface area contributed by atoms with Crippen LogP contribution in [0.1, 0.15) is 26.4 Å². The van der Waals surface area contributed by atoms with Crippen LogP contribution < -0.4 is 10.6 Å². The number of ether oxygens (including phenoxy) is 1. The number of carbonyl (C=O) groups excluding carboxylic acids is 2. The summed E-state index contributed by atoms with van der Waals surface area (Å²) in [5, 5.41) is 5.91. The molecule has 0 saturated heterocycles. The molecule has 0 aliphatic carbocycles. The van der Waals surface area contributed by atoms with Crippen LogP contribution in [-0.4, -0.2) is 35.5 Å². The normalized spacial score (nSPS) is 10.2. The molecule has 7 nitrogen and oxygen atoms in total. The number of benzene rings is 2. The number of methoxy groups -OCH3 is 1. The Kier molecular flexibility index (Phi) is 6.30. The molecule has 3 rings (SSSR count). The first kappa shape index (κ1) is 19.0. The average Bonchev–Trinajstić information content (AvgIpc) is 2.74. The highest BCUT2D eigenvalue weighted by molar-refractivity contribution is 5.93. The molecule has 2 N–H and O–H groups in total. The molecular weight excluding hydrogens is 356 g/mol. The van der Waals surface area contributed by atoms with Crippen molar-refractivity contribution in [3.8, 4) is 0 Å². The highest BCUT2D eigenvalue weighted by atomic mass is 16.5. The number of carbonyl (C=O) groups is 2. The van der Waals surface area contributed by atoms with Crippen molar-refractivity contribution in [2.75, 3.05) is 19.0 Å². The molecule has 0 spiro atoms. The first-order chi connectivity index (χ1) is 13.7. The molecule has 0 fully saturated rings. The summed E-state index contributed by atoms with van der Waals surface area (Å²) in [6.45, 7) is 0.511. The quantitative estimate of drug-likeness (QED) is 0.616. The zero-order valence-electron chi connectivity index (χ0n) is 15.4. The Morgan fingerprint density at radius 3 is 2.61 bits per heavy atom. The number of nitrogens with one attached hydrogen (secondary N) is 2. The Morgan fingerprint density at radius 1 is 1.00 bits per heavy atom. The van der Waals surface area contributed by atoms with Gasteiger partial charge in [0, 0.05) is 18.3 Å². The van der Waals surface area contributed by atoms with Crippen LogP contribution in [0.25, 0.3) is 0 Å². The van der Waals surface area contributed by atoms with Gasteiger partial charge in [-0.1, -0.05) is 36.4 Å². The van der Waals surface area contributed by atoms with Crippen LogP contribution in [0.15, 0.2) is 67.0 Å². The monoisotopic (exact) mass is 376 g/mol. The molecule has 0 bridgehead atoms. The second-order valence-electron chi connectivity index (χ2n) is 5.98. The summed E-state index contributed by atoms with van der Waals surface area (Å²) >= 11 is 0. The number of esters is 1. The van der Waals surface area contributed by atoms with Gasteiger partial charge in [-0.3, -0.25) is 4.79 Å². The number of anilines is 2. The van der Waals surface area contributed by atoms with Crippen molar-refractivity contribution < 1.29 is 14.3 Å². The lowest BCUT2D eigenvalue weighted by atomic mass is 10.1. The molecule has 7 heteroatoms. The molecular formula is C21H20N4O3. The average molecular weight is 376 g/mol. The van der Waals surface area contributed by atoms with Crippen LogP contribution >= 0.6 is 0 Å². The third-order valence-corrected chi connectivity index (χ3v) is 4.00. The molecule has 0 unspecified atom stereocenters. The maximum Gasteiger partial charge on any atom is 0.337 e. The topological polar surface area (TPSA) is 93.2 Å². The van der Waals surface area contributed by atoms with Gasteiger partial charge in [-0.15, -0.1) is 0 Å². The summed E-state index contributed by atoms with van der Waals surface area (Å²) in [5.74, 6) is -0.250. The van der Waals surface area contributed by atoms with Crippen LogP contribution in [0, 0.1) is 0 Å². The molecule has 1 amide bonds. The Bertz CT molecular complexity index is 961. The second-order valence-corrected chi connectivity index (χ2v) is 5.98. The number of aromatic nitrogens is 2. The zero-order valence-corrected chi connectivity index (χ0v) is 15.4. The van der Waals surface area contributed by atoms with Gasteiger partial charge in [0.2, 0.25) is 0 Å². The molecule has 3 aromatic rings. The van der Waals surface area contributed by atoms with Gasteiger partial charge in [0.05, 0.1) is 12.7 Å². The zero-order chi connectivity index (χ0) is 19.8. The van der Waals surface area contributed by atoms with Gasteiger partial charge in [0.15, 0.2) is 0 Å². The fourth-order valence-electron chi connectivity index (χ4n) is 2.60. The Hall–Kier alpha value is -3.74. The minimum Gasteiger partial charge on any atom is -0.465 e. The summed E-state index contributed by atoms with van der Waals surface area (Å²) in [6, 6.07) is 18.3. The number of nitrogens with zero attached hydrogens (tertiary/aromatic N) is 2. The fourth-order valence-corrected chi connectivity index (χ4v) is 2.60. The standard InChI is InChI=1S/C21H20N4O3/c1-28-21(27)16-8-5-9-17(12-16)25-19-13-18(23-14-24-19)20(26)22-11-10-15-6-3-2-4-7-15/h2-9,12-14H,10-11H2,1H3,(H,22,26)(H,23,24,25). The van der Waals surface area contributed by atoms with Crippen molar-refractivity contribution in [3.63, 3.8) is 0 Å². The molecule has 142 valence electrons. The maximum atomic E-state index is 12.3. The third-order valence-electron chi connectivity index (χ3n) is 4.00. The first-order valence-corrected chi connectivity index (χ1v) is 8.75. The van der Waals surface area contributed by atoms with Crippen LogP contribution in [0.4, 0.5) is 11.5 Å². The van der Waals surface area contributed by atoms with E-state index in [0.29, 0.717) is 23.6 Å². The molecule has 0 saturated carbocycles. The number of hydrogen-bond donors (Lipinski definition) is 2. The van der Waals surface area contributed by atoms with E-state index in [1.807, 2.05) is 30.3 Å². The van der Waals surface area contributed by atoms with E-state index in [-0.39, 0.29) is 11.6 Å². The summed E-state index contributed by atoms with van der Waals surface area (Å²) < 4.78 is 4.72. The summed E-state index contributed by atoms with van der Waals surface area (Å²) in [7, 11) is 1.33. The van der Waals surface area contributed by atoms with E-state index in [1.165, 1.54) is 13.4 Å². The third kappa shape index (κ3) is 5.14. The van der Waals surface area contributed by atoms with Crippen molar-refractivity contribution >= 4 is 23.4 Å². The number of hydrogen-bond acceptors (Lipinski definition) is 6. The highest BCUT2D eigenvalue weighted by Crippen LogP contribution is 2.17. The molecule has 2 aromatic carbocycles. The van der Waals surface area contributed by atoms with Gasteiger partial charge in [-0.05, 0) is 30.2 Å². The molecule has 28 heavy (non-hydrogen) atoms. The fraction of sp³-hybridized carbons (Fsp3) is 0.143. The molecule has 0 atom stereocenters. The summed E-state index contributed by atoms with van der Waals surface area (Å²) in [6.07, 6.45) is 2.06. The lowest BCUT2D eigenvalue weighted by molar-refractivity contribution is 0.0600. The van der Waals surface area contributed by atoms with Gasteiger partial charge in [0.1, 0.15) is 17.8 Å². The SMILES string of the molecule is COC(=O)c1cccc(Nc2cc(C(=O)NCCc3ccccc3)ncn2)c1. The van der Waals surface area contributed by atoms with E-state index in [9.17, 15) is 9.59 Å². The lowest BCUT2D eigenvalue weighted by Crippen LogP contribution is -2.26. The Labute approximate surface area is 162 Å². The molecule has 1 aromatic heterocycles. The molecule has 0 aliphatic heterocycles. The van der Waals surface area contributed by atoms with Gasteiger partial charge < -0.3 is 15.4 Å². The molecule has 0 aliphatic rings. The lowest BCUT2D eigenvalue weighted by Gasteiger charge is -2.09. The van der Waals surface area contributed by atoms with Crippen LogP contribution in [0.2, 0.25) is 0 Å². The molecule has 1 heterocycles. The number of amides is 1. The van der Waals surface area contributed by atoms with E-state index in [4.69, 9.17) is 4.74 Å². The molecule has 0 radical (unpaired) electrons. The number of rotatable bonds is 7. The summed E-state index contributed by atoms with van der Waals surface area (Å²) in [4.78, 5) is 32.1.